The van der Waals surface area contributed by atoms with E-state index in [1.165, 1.54) is 270 Å². The fourth-order valence-electron chi connectivity index (χ4n) is 10.3. The maximum atomic E-state index is 2.37. The predicted octanol–water partition coefficient (Wildman–Crippen LogP) is 21.9. The monoisotopic (exact) mass is 835 g/mol. The van der Waals surface area contributed by atoms with Gasteiger partial charge in [0, 0.05) is 0 Å². The minimum Gasteiger partial charge on any atom is -0.0654 e. The van der Waals surface area contributed by atoms with Crippen LogP contribution >= 0.6 is 7.26 Å². The molecule has 0 aromatic carbocycles. The van der Waals surface area contributed by atoms with Gasteiger partial charge in [0.1, 0.15) is 0 Å². The third kappa shape index (κ3) is 45.9. The molecule has 0 saturated heterocycles. The van der Waals surface area contributed by atoms with Gasteiger partial charge in [-0.2, -0.15) is 0 Å². The molecule has 0 aliphatic carbocycles. The minimum absolute atomic E-state index is 1.18. The molecule has 0 aliphatic heterocycles. The Hall–Kier alpha value is 0.430. The first kappa shape index (κ1) is 58.4. The zero-order valence-corrected chi connectivity index (χ0v) is 43.0. The van der Waals surface area contributed by atoms with E-state index < -0.39 is 7.26 Å². The van der Waals surface area contributed by atoms with Crippen LogP contribution in [-0.2, 0) is 0 Å². The summed E-state index contributed by atoms with van der Waals surface area (Å²) in [4.78, 5) is 0. The molecule has 58 heavy (non-hydrogen) atoms. The van der Waals surface area contributed by atoms with Gasteiger partial charge in [-0.25, -0.2) is 0 Å². The first-order valence-electron chi connectivity index (χ1n) is 28.7. The number of unbranched alkanes of at least 4 members (excludes halogenated alkanes) is 45. The van der Waals surface area contributed by atoms with E-state index in [-0.39, 0.29) is 0 Å². The molecule has 0 aliphatic rings. The summed E-state index contributed by atoms with van der Waals surface area (Å²) in [5.41, 5.74) is 0. The zero-order valence-electron chi connectivity index (χ0n) is 42.0. The van der Waals surface area contributed by atoms with Crippen molar-refractivity contribution in [3.63, 3.8) is 0 Å². The normalized spacial score (nSPS) is 12.3. The van der Waals surface area contributed by atoms with Crippen molar-refractivity contribution in [2.45, 2.75) is 342 Å². The fourth-order valence-corrected chi connectivity index (χ4v) is 15.8. The third-order valence-corrected chi connectivity index (χ3v) is 20.1. The van der Waals surface area contributed by atoms with Crippen molar-refractivity contribution in [2.24, 2.45) is 0 Å². The molecular weight excluding hydrogens is 716 g/mol. The summed E-state index contributed by atoms with van der Waals surface area (Å²) in [6, 6.07) is 0. The second-order valence-corrected chi connectivity index (χ2v) is 25.4. The van der Waals surface area contributed by atoms with Crippen LogP contribution in [-0.4, -0.2) is 24.6 Å². The van der Waals surface area contributed by atoms with E-state index in [0.717, 1.165) is 0 Å². The molecule has 0 nitrogen and oxygen atoms in total. The fraction of sp³-hybridized carbons (Fsp3) is 1.00. The second kappa shape index (κ2) is 51.8. The summed E-state index contributed by atoms with van der Waals surface area (Å²) in [7, 11) is -1.18. The smallest absolute Gasteiger partial charge is 0.0654 e. The van der Waals surface area contributed by atoms with Crippen molar-refractivity contribution >= 4 is 7.26 Å². The summed E-state index contributed by atoms with van der Waals surface area (Å²) in [5.74, 6) is 0. The Morgan fingerprint density at radius 1 is 0.138 bits per heavy atom. The van der Waals surface area contributed by atoms with E-state index in [2.05, 4.69) is 27.7 Å². The van der Waals surface area contributed by atoms with E-state index in [0.29, 0.717) is 0 Å². The third-order valence-electron chi connectivity index (χ3n) is 14.5. The van der Waals surface area contributed by atoms with Gasteiger partial charge in [-0.1, -0.05) is 78.6 Å². The van der Waals surface area contributed by atoms with Crippen LogP contribution in [0, 0.1) is 0 Å². The van der Waals surface area contributed by atoms with Crippen LogP contribution in [0.2, 0.25) is 0 Å². The van der Waals surface area contributed by atoms with Crippen LogP contribution in [0.25, 0.3) is 0 Å². The summed E-state index contributed by atoms with van der Waals surface area (Å²) in [6.45, 7) is 9.36. The molecule has 0 radical (unpaired) electrons. The van der Waals surface area contributed by atoms with Crippen molar-refractivity contribution in [1.29, 1.82) is 0 Å². The Bertz CT molecular complexity index is 621. The molecule has 0 aromatic heterocycles. The van der Waals surface area contributed by atoms with Crippen molar-refractivity contribution in [3.05, 3.63) is 0 Å². The van der Waals surface area contributed by atoms with Crippen molar-refractivity contribution in [2.75, 3.05) is 24.6 Å². The molecule has 0 rings (SSSR count). The molecule has 352 valence electrons. The Balaban J connectivity index is 4.78. The SMILES string of the molecule is CCCCCCCCCCCCCCCC[PH](CCCCCCCCC)(CCCCCCCCCCCCCCCC)CCCCCCCCCCCCCCCC. The number of hydrogen-bond acceptors (Lipinski definition) is 0. The topological polar surface area (TPSA) is 0 Å². The first-order valence-corrected chi connectivity index (χ1v) is 31.6. The molecule has 0 aromatic rings. The van der Waals surface area contributed by atoms with Crippen LogP contribution in [0.3, 0.4) is 0 Å². The van der Waals surface area contributed by atoms with Crippen LogP contribution < -0.4 is 0 Å². The van der Waals surface area contributed by atoms with Crippen LogP contribution in [0.1, 0.15) is 342 Å². The molecule has 0 amide bonds. The molecule has 0 bridgehead atoms. The standard InChI is InChI=1S/C57H119P/c1-5-9-13-17-21-24-27-30-33-36-39-43-47-51-55-58(54-50-46-42-20-16-12-8-4,56-52-48-44-40-37-34-31-28-25-22-18-14-10-6-2)57-53-49-45-41-38-35-32-29-26-23-19-15-11-7-3/h58H,5-57H2,1-4H3. The van der Waals surface area contributed by atoms with Gasteiger partial charge in [0.2, 0.25) is 0 Å². The molecule has 0 heterocycles. The van der Waals surface area contributed by atoms with Crippen molar-refractivity contribution in [1.82, 2.24) is 0 Å². The van der Waals surface area contributed by atoms with Crippen LogP contribution in [0.5, 0.6) is 0 Å². The van der Waals surface area contributed by atoms with Crippen molar-refractivity contribution < 1.29 is 0 Å². The molecule has 0 spiro atoms. The van der Waals surface area contributed by atoms with E-state index in [1.807, 2.05) is 0 Å². The first-order chi connectivity index (χ1) is 28.7. The summed E-state index contributed by atoms with van der Waals surface area (Å²) >= 11 is 0. The average molecular weight is 836 g/mol. The van der Waals surface area contributed by atoms with Gasteiger partial charge in [-0.3, -0.25) is 0 Å². The molecule has 0 saturated carbocycles. The van der Waals surface area contributed by atoms with Gasteiger partial charge in [0.15, 0.2) is 0 Å². The van der Waals surface area contributed by atoms with Gasteiger partial charge in [-0.05, 0) is 0 Å². The van der Waals surface area contributed by atoms with Gasteiger partial charge >= 0.3 is 296 Å². The van der Waals surface area contributed by atoms with Crippen molar-refractivity contribution in [3.8, 4) is 0 Å². The maximum absolute atomic E-state index is 2.37. The number of hydrogen-bond donors (Lipinski definition) is 0. The summed E-state index contributed by atoms with van der Waals surface area (Å²) in [5, 5.41) is 0. The molecule has 0 unspecified atom stereocenters. The summed E-state index contributed by atoms with van der Waals surface area (Å²) in [6.07, 6.45) is 80.0. The predicted molar refractivity (Wildman–Crippen MR) is 277 cm³/mol. The number of rotatable bonds is 53. The van der Waals surface area contributed by atoms with Crippen LogP contribution in [0.4, 0.5) is 0 Å². The molecule has 1 heteroatoms. The van der Waals surface area contributed by atoms with E-state index in [4.69, 9.17) is 0 Å². The van der Waals surface area contributed by atoms with E-state index in [1.54, 1.807) is 69.6 Å². The van der Waals surface area contributed by atoms with E-state index >= 15 is 0 Å². The molecular formula is C57H119P. The molecule has 0 fully saturated rings. The Morgan fingerprint density at radius 3 is 0.362 bits per heavy atom. The Morgan fingerprint density at radius 2 is 0.241 bits per heavy atom. The molecule has 0 atom stereocenters. The van der Waals surface area contributed by atoms with Gasteiger partial charge in [-0.15, -0.1) is 0 Å². The van der Waals surface area contributed by atoms with Gasteiger partial charge in [0.05, 0.1) is 0 Å². The zero-order chi connectivity index (χ0) is 42.0. The second-order valence-electron chi connectivity index (χ2n) is 20.4. The van der Waals surface area contributed by atoms with Gasteiger partial charge in [0.25, 0.3) is 0 Å². The average Bonchev–Trinajstić information content (AvgIpc) is 3.23. The Labute approximate surface area is 372 Å². The van der Waals surface area contributed by atoms with Crippen LogP contribution in [0.15, 0.2) is 0 Å². The summed E-state index contributed by atoms with van der Waals surface area (Å²) < 4.78 is 0. The quantitative estimate of drug-likeness (QED) is 0.0423. The molecule has 0 N–H and O–H groups in total. The van der Waals surface area contributed by atoms with Gasteiger partial charge < -0.3 is 0 Å². The van der Waals surface area contributed by atoms with E-state index in [9.17, 15) is 0 Å². The Kier molecular flexibility index (Phi) is 52.2. The minimum atomic E-state index is -1.18.